The summed E-state index contributed by atoms with van der Waals surface area (Å²) in [4.78, 5) is 12.8. The van der Waals surface area contributed by atoms with Gasteiger partial charge in [-0.1, -0.05) is 0 Å². The van der Waals surface area contributed by atoms with Crippen LogP contribution in [0.3, 0.4) is 0 Å². The highest BCUT2D eigenvalue weighted by Gasteiger charge is 2.28. The normalized spacial score (nSPS) is 11.5. The number of hydrogen-bond donors (Lipinski definition) is 0. The van der Waals surface area contributed by atoms with E-state index in [2.05, 4.69) is 4.98 Å². The van der Waals surface area contributed by atoms with Crippen molar-refractivity contribution in [3.63, 3.8) is 0 Å². The van der Waals surface area contributed by atoms with Crippen molar-refractivity contribution in [3.05, 3.63) is 16.4 Å². The predicted molar refractivity (Wildman–Crippen MR) is 42.9 cm³/mol. The molecular weight excluding hydrogens is 222 g/mol. The molecule has 0 aromatic carbocycles. The summed E-state index contributed by atoms with van der Waals surface area (Å²) in [6.45, 7) is 0. The molecule has 1 rings (SSSR count). The predicted octanol–water partition coefficient (Wildman–Crippen LogP) is 0.256. The minimum Gasteiger partial charge on any atom is -0.358 e. The Morgan fingerprint density at radius 3 is 2.54 bits per heavy atom. The molecule has 0 N–H and O–H groups in total. The van der Waals surface area contributed by atoms with E-state index in [-0.39, 0.29) is 0 Å². The topological polar surface area (TPSA) is 95.1 Å². The van der Waals surface area contributed by atoms with Gasteiger partial charge >= 0.3 is 5.82 Å². The molecule has 0 amide bonds. The van der Waals surface area contributed by atoms with Gasteiger partial charge in [-0.2, -0.15) is 4.98 Å². The average molecular weight is 226 g/mol. The van der Waals surface area contributed by atoms with Crippen LogP contribution in [0.15, 0.2) is 11.4 Å². The number of halogens is 1. The molecule has 0 spiro atoms. The smallest absolute Gasteiger partial charge is 0.358 e. The summed E-state index contributed by atoms with van der Waals surface area (Å²) in [5, 5.41) is 9.64. The van der Waals surface area contributed by atoms with Crippen LogP contribution in [0.1, 0.15) is 0 Å². The van der Waals surface area contributed by atoms with Crippen LogP contribution in [0.25, 0.3) is 0 Å². The highest BCUT2D eigenvalue weighted by Crippen LogP contribution is 2.23. The van der Waals surface area contributed by atoms with Crippen LogP contribution >= 0.6 is 10.7 Å². The maximum absolute atomic E-state index is 10.8. The highest BCUT2D eigenvalue weighted by atomic mass is 35.7. The maximum Gasteiger partial charge on any atom is 0.363 e. The molecule has 0 atom stereocenters. The molecule has 1 aromatic rings. The van der Waals surface area contributed by atoms with Gasteiger partial charge in [-0.3, -0.25) is 0 Å². The molecule has 72 valence electrons. The Bertz CT molecular complexity index is 450. The molecule has 0 aliphatic carbocycles. The van der Waals surface area contributed by atoms with Crippen LogP contribution < -0.4 is 0 Å². The van der Waals surface area contributed by atoms with E-state index in [4.69, 9.17) is 10.7 Å². The van der Waals surface area contributed by atoms with E-state index in [1.165, 1.54) is 7.05 Å². The summed E-state index contributed by atoms with van der Waals surface area (Å²) in [7, 11) is 2.06. The monoisotopic (exact) mass is 225 g/mol. The number of hydrogen-bond acceptors (Lipinski definition) is 5. The summed E-state index contributed by atoms with van der Waals surface area (Å²) in [5.41, 5.74) is 0. The third-order valence-corrected chi connectivity index (χ3v) is 2.47. The second-order valence-electron chi connectivity index (χ2n) is 2.18. The quantitative estimate of drug-likeness (QED) is 0.409. The summed E-state index contributed by atoms with van der Waals surface area (Å²) < 4.78 is 22.5. The van der Waals surface area contributed by atoms with Crippen molar-refractivity contribution < 1.29 is 13.3 Å². The Morgan fingerprint density at radius 1 is 1.69 bits per heavy atom. The first-order chi connectivity index (χ1) is 5.84. The summed E-state index contributed by atoms with van der Waals surface area (Å²) in [5.74, 6) is -0.644. The van der Waals surface area contributed by atoms with E-state index >= 15 is 0 Å². The van der Waals surface area contributed by atoms with Crippen LogP contribution in [0.5, 0.6) is 0 Å². The molecule has 7 nitrogen and oxygen atoms in total. The SMILES string of the molecule is Cn1cnc(S(=O)(=O)Cl)c1[N+](=O)[O-]. The molecule has 0 fully saturated rings. The van der Waals surface area contributed by atoms with E-state index < -0.39 is 24.8 Å². The lowest BCUT2D eigenvalue weighted by Crippen LogP contribution is -2.01. The van der Waals surface area contributed by atoms with E-state index in [0.717, 1.165) is 10.9 Å². The van der Waals surface area contributed by atoms with E-state index in [0.29, 0.717) is 0 Å². The molecule has 0 saturated heterocycles. The lowest BCUT2D eigenvalue weighted by atomic mass is 10.7. The molecule has 0 aliphatic rings. The molecule has 13 heavy (non-hydrogen) atoms. The van der Waals surface area contributed by atoms with Crippen molar-refractivity contribution in [1.82, 2.24) is 9.55 Å². The first kappa shape index (κ1) is 9.93. The van der Waals surface area contributed by atoms with Crippen molar-refractivity contribution in [2.75, 3.05) is 0 Å². The van der Waals surface area contributed by atoms with Gasteiger partial charge in [0.15, 0.2) is 6.33 Å². The number of rotatable bonds is 2. The molecule has 0 bridgehead atoms. The van der Waals surface area contributed by atoms with Gasteiger partial charge < -0.3 is 10.1 Å². The minimum atomic E-state index is -4.16. The van der Waals surface area contributed by atoms with Gasteiger partial charge in [0, 0.05) is 10.7 Å². The number of nitrogens with zero attached hydrogens (tertiary/aromatic N) is 3. The largest absolute Gasteiger partial charge is 0.363 e. The Hall–Kier alpha value is -1.15. The van der Waals surface area contributed by atoms with Gasteiger partial charge in [0.2, 0.25) is 0 Å². The lowest BCUT2D eigenvalue weighted by molar-refractivity contribution is -0.394. The number of nitro groups is 1. The van der Waals surface area contributed by atoms with E-state index in [9.17, 15) is 18.5 Å². The zero-order chi connectivity index (χ0) is 10.2. The Morgan fingerprint density at radius 2 is 2.23 bits per heavy atom. The second kappa shape index (κ2) is 2.96. The summed E-state index contributed by atoms with van der Waals surface area (Å²) in [6.07, 6.45) is 1.01. The van der Waals surface area contributed by atoms with Gasteiger partial charge in [0.05, 0.1) is 7.05 Å². The van der Waals surface area contributed by atoms with E-state index in [1.54, 1.807) is 0 Å². The average Bonchev–Trinajstić information content (AvgIpc) is 2.28. The second-order valence-corrected chi connectivity index (χ2v) is 4.66. The fourth-order valence-electron chi connectivity index (χ4n) is 0.781. The summed E-state index contributed by atoms with van der Waals surface area (Å²) in [6, 6.07) is 0. The molecule has 0 radical (unpaired) electrons. The molecule has 0 saturated carbocycles. The molecule has 0 unspecified atom stereocenters. The van der Waals surface area contributed by atoms with E-state index in [1.807, 2.05) is 0 Å². The zero-order valence-corrected chi connectivity index (χ0v) is 7.91. The molecule has 1 aromatic heterocycles. The molecular formula is C4H4ClN3O4S. The third kappa shape index (κ3) is 1.78. The number of imidazole rings is 1. The minimum absolute atomic E-state index is 0.644. The van der Waals surface area contributed by atoms with Gasteiger partial charge in [0.25, 0.3) is 14.1 Å². The third-order valence-electron chi connectivity index (χ3n) is 1.28. The zero-order valence-electron chi connectivity index (χ0n) is 6.34. The van der Waals surface area contributed by atoms with Crippen LogP contribution in [-0.2, 0) is 16.1 Å². The molecule has 1 heterocycles. The van der Waals surface area contributed by atoms with Crippen molar-refractivity contribution in [2.45, 2.75) is 5.03 Å². The van der Waals surface area contributed by atoms with Crippen molar-refractivity contribution in [1.29, 1.82) is 0 Å². The fraction of sp³-hybridized carbons (Fsp3) is 0.250. The highest BCUT2D eigenvalue weighted by molar-refractivity contribution is 8.13. The van der Waals surface area contributed by atoms with Gasteiger partial charge in [-0.05, 0) is 4.92 Å². The van der Waals surface area contributed by atoms with Crippen LogP contribution in [0.2, 0.25) is 0 Å². The standard InChI is InChI=1S/C4H4ClN3O4S/c1-7-2-6-3(13(5,11)12)4(7)8(9)10/h2H,1H3. The molecule has 0 aliphatic heterocycles. The Kier molecular flexibility index (Phi) is 2.26. The first-order valence-corrected chi connectivity index (χ1v) is 5.25. The van der Waals surface area contributed by atoms with Crippen LogP contribution in [-0.4, -0.2) is 22.9 Å². The fourth-order valence-corrected chi connectivity index (χ4v) is 1.72. The Labute approximate surface area is 77.5 Å². The van der Waals surface area contributed by atoms with Gasteiger partial charge in [-0.15, -0.1) is 0 Å². The van der Waals surface area contributed by atoms with Crippen LogP contribution in [0, 0.1) is 10.1 Å². The maximum atomic E-state index is 10.8. The number of aryl methyl sites for hydroxylation is 1. The van der Waals surface area contributed by atoms with Crippen molar-refractivity contribution in [2.24, 2.45) is 7.05 Å². The van der Waals surface area contributed by atoms with Crippen molar-refractivity contribution in [3.8, 4) is 0 Å². The first-order valence-electron chi connectivity index (χ1n) is 2.94. The Balaban J connectivity index is 3.49. The lowest BCUT2D eigenvalue weighted by Gasteiger charge is -1.94. The van der Waals surface area contributed by atoms with Crippen LogP contribution in [0.4, 0.5) is 5.82 Å². The summed E-state index contributed by atoms with van der Waals surface area (Å²) >= 11 is 0. The van der Waals surface area contributed by atoms with Crippen molar-refractivity contribution >= 4 is 25.6 Å². The van der Waals surface area contributed by atoms with Gasteiger partial charge in [0.1, 0.15) is 0 Å². The molecule has 9 heteroatoms. The number of aromatic nitrogens is 2. The van der Waals surface area contributed by atoms with Gasteiger partial charge in [-0.25, -0.2) is 13.0 Å².